The zero-order valence-corrected chi connectivity index (χ0v) is 10.6. The van der Waals surface area contributed by atoms with Crippen LogP contribution in [0.1, 0.15) is 29.3 Å². The average Bonchev–Trinajstić information content (AvgIpc) is 2.82. The van der Waals surface area contributed by atoms with Crippen LogP contribution in [0.25, 0.3) is 0 Å². The van der Waals surface area contributed by atoms with E-state index in [2.05, 4.69) is 16.8 Å². The van der Waals surface area contributed by atoms with Gasteiger partial charge in [-0.3, -0.25) is 0 Å². The molecular weight excluding hydrogens is 252 g/mol. The molecule has 18 heavy (non-hydrogen) atoms. The number of hydrogen-bond acceptors (Lipinski definition) is 2. The molecule has 0 bridgehead atoms. The van der Waals surface area contributed by atoms with E-state index in [0.717, 1.165) is 25.3 Å². The van der Waals surface area contributed by atoms with E-state index in [1.807, 2.05) is 0 Å². The molecule has 1 unspecified atom stereocenters. The second kappa shape index (κ2) is 4.69. The largest absolute Gasteiger partial charge is 0.376 e. The number of fused-ring (bicyclic) bond motifs is 1. The topological polar surface area (TPSA) is 12.0 Å². The van der Waals surface area contributed by atoms with Crippen molar-refractivity contribution < 1.29 is 8.78 Å². The van der Waals surface area contributed by atoms with Gasteiger partial charge in [0.1, 0.15) is 11.6 Å². The van der Waals surface area contributed by atoms with Crippen LogP contribution >= 0.6 is 11.3 Å². The molecule has 1 aromatic carbocycles. The van der Waals surface area contributed by atoms with Gasteiger partial charge in [-0.15, -0.1) is 11.3 Å². The first kappa shape index (κ1) is 11.7. The van der Waals surface area contributed by atoms with Crippen LogP contribution in [0.4, 0.5) is 14.5 Å². The van der Waals surface area contributed by atoms with Gasteiger partial charge in [-0.1, -0.05) is 0 Å². The Morgan fingerprint density at radius 2 is 2.11 bits per heavy atom. The van der Waals surface area contributed by atoms with Crippen LogP contribution in [-0.2, 0) is 6.42 Å². The molecule has 4 heteroatoms. The van der Waals surface area contributed by atoms with Gasteiger partial charge in [0.05, 0.1) is 11.7 Å². The molecule has 1 aliphatic rings. The van der Waals surface area contributed by atoms with Crippen LogP contribution in [0.3, 0.4) is 0 Å². The van der Waals surface area contributed by atoms with Gasteiger partial charge in [0.25, 0.3) is 0 Å². The van der Waals surface area contributed by atoms with Crippen LogP contribution in [0.15, 0.2) is 29.6 Å². The molecule has 2 aromatic rings. The summed E-state index contributed by atoms with van der Waals surface area (Å²) in [5.41, 5.74) is 1.63. The lowest BCUT2D eigenvalue weighted by atomic mass is 9.94. The van der Waals surface area contributed by atoms with Gasteiger partial charge in [-0.05, 0) is 48.4 Å². The van der Waals surface area contributed by atoms with Crippen LogP contribution in [-0.4, -0.2) is 0 Å². The van der Waals surface area contributed by atoms with Crippen molar-refractivity contribution >= 4 is 17.0 Å². The van der Waals surface area contributed by atoms with Crippen LogP contribution in [0, 0.1) is 11.6 Å². The number of hydrogen-bond donors (Lipinski definition) is 1. The smallest absolute Gasteiger partial charge is 0.149 e. The number of anilines is 1. The maximum atomic E-state index is 13.6. The minimum Gasteiger partial charge on any atom is -0.376 e. The molecular formula is C14H13F2NS. The van der Waals surface area contributed by atoms with Gasteiger partial charge in [-0.2, -0.15) is 0 Å². The van der Waals surface area contributed by atoms with Crippen LogP contribution in [0.2, 0.25) is 0 Å². The summed E-state index contributed by atoms with van der Waals surface area (Å²) in [6.45, 7) is 0. The first-order valence-electron chi connectivity index (χ1n) is 6.02. The van der Waals surface area contributed by atoms with Crippen molar-refractivity contribution in [3.05, 3.63) is 51.7 Å². The summed E-state index contributed by atoms with van der Waals surface area (Å²) in [5, 5.41) is 5.26. The maximum Gasteiger partial charge on any atom is 0.149 e. The summed E-state index contributed by atoms with van der Waals surface area (Å²) < 4.78 is 26.5. The SMILES string of the molecule is Fc1ccc(NC2CCCc3sccc32)c(F)c1. The predicted molar refractivity (Wildman–Crippen MR) is 70.0 cm³/mol. The minimum absolute atomic E-state index is 0.139. The normalized spacial score (nSPS) is 18.4. The molecule has 1 N–H and O–H groups in total. The predicted octanol–water partition coefficient (Wildman–Crippen LogP) is 4.52. The van der Waals surface area contributed by atoms with Gasteiger partial charge in [-0.25, -0.2) is 8.78 Å². The van der Waals surface area contributed by atoms with Gasteiger partial charge in [0, 0.05) is 10.9 Å². The highest BCUT2D eigenvalue weighted by Crippen LogP contribution is 2.35. The second-order valence-electron chi connectivity index (χ2n) is 4.51. The Balaban J connectivity index is 1.86. The van der Waals surface area contributed by atoms with Crippen LogP contribution < -0.4 is 5.32 Å². The number of benzene rings is 1. The van der Waals surface area contributed by atoms with Crippen molar-refractivity contribution in [1.82, 2.24) is 0 Å². The van der Waals surface area contributed by atoms with E-state index < -0.39 is 11.6 Å². The summed E-state index contributed by atoms with van der Waals surface area (Å²) >= 11 is 1.75. The van der Waals surface area contributed by atoms with Gasteiger partial charge >= 0.3 is 0 Å². The van der Waals surface area contributed by atoms with E-state index in [1.165, 1.54) is 22.6 Å². The number of halogens is 2. The highest BCUT2D eigenvalue weighted by molar-refractivity contribution is 7.10. The van der Waals surface area contributed by atoms with E-state index in [1.54, 1.807) is 11.3 Å². The lowest BCUT2D eigenvalue weighted by Crippen LogP contribution is -2.16. The third-order valence-electron chi connectivity index (χ3n) is 3.31. The van der Waals surface area contributed by atoms with Crippen molar-refractivity contribution in [3.8, 4) is 0 Å². The Kier molecular flexibility index (Phi) is 3.04. The molecule has 0 radical (unpaired) electrons. The molecule has 1 atom stereocenters. The van der Waals surface area contributed by atoms with Crippen molar-refractivity contribution in [2.45, 2.75) is 25.3 Å². The molecule has 0 aliphatic heterocycles. The molecule has 0 fully saturated rings. The maximum absolute atomic E-state index is 13.6. The van der Waals surface area contributed by atoms with Crippen molar-refractivity contribution in [2.75, 3.05) is 5.32 Å². The summed E-state index contributed by atoms with van der Waals surface area (Å²) in [6, 6.07) is 5.89. The monoisotopic (exact) mass is 265 g/mol. The average molecular weight is 265 g/mol. The minimum atomic E-state index is -0.544. The summed E-state index contributed by atoms with van der Waals surface area (Å²) in [4.78, 5) is 1.38. The number of nitrogens with one attached hydrogen (secondary N) is 1. The fraction of sp³-hybridized carbons (Fsp3) is 0.286. The van der Waals surface area contributed by atoms with Gasteiger partial charge < -0.3 is 5.32 Å². The first-order chi connectivity index (χ1) is 8.74. The third-order valence-corrected chi connectivity index (χ3v) is 4.31. The Labute approximate surface area is 108 Å². The number of aryl methyl sites for hydroxylation is 1. The van der Waals surface area contributed by atoms with E-state index >= 15 is 0 Å². The second-order valence-corrected chi connectivity index (χ2v) is 5.51. The third kappa shape index (κ3) is 2.12. The quantitative estimate of drug-likeness (QED) is 0.842. The van der Waals surface area contributed by atoms with Gasteiger partial charge in [0.2, 0.25) is 0 Å². The number of rotatable bonds is 2. The fourth-order valence-electron chi connectivity index (χ4n) is 2.43. The highest BCUT2D eigenvalue weighted by Gasteiger charge is 2.21. The molecule has 94 valence electrons. The van der Waals surface area contributed by atoms with Crippen molar-refractivity contribution in [3.63, 3.8) is 0 Å². The molecule has 0 spiro atoms. The summed E-state index contributed by atoms with van der Waals surface area (Å²) in [7, 11) is 0. The Hall–Kier alpha value is -1.42. The Morgan fingerprint density at radius 3 is 2.94 bits per heavy atom. The Bertz CT molecular complexity index is 565. The zero-order chi connectivity index (χ0) is 12.5. The summed E-state index contributed by atoms with van der Waals surface area (Å²) in [5.74, 6) is -1.07. The first-order valence-corrected chi connectivity index (χ1v) is 6.90. The lowest BCUT2D eigenvalue weighted by molar-refractivity contribution is 0.573. The Morgan fingerprint density at radius 1 is 1.22 bits per heavy atom. The molecule has 1 heterocycles. The molecule has 0 saturated carbocycles. The van der Waals surface area contributed by atoms with E-state index in [4.69, 9.17) is 0 Å². The highest BCUT2D eigenvalue weighted by atomic mass is 32.1. The fourth-order valence-corrected chi connectivity index (χ4v) is 3.42. The van der Waals surface area contributed by atoms with Crippen molar-refractivity contribution in [1.29, 1.82) is 0 Å². The molecule has 1 nitrogen and oxygen atoms in total. The van der Waals surface area contributed by atoms with E-state index in [0.29, 0.717) is 5.69 Å². The molecule has 0 amide bonds. The van der Waals surface area contributed by atoms with Gasteiger partial charge in [0.15, 0.2) is 0 Å². The molecule has 1 aromatic heterocycles. The summed E-state index contributed by atoms with van der Waals surface area (Å²) in [6.07, 6.45) is 3.20. The van der Waals surface area contributed by atoms with Crippen LogP contribution in [0.5, 0.6) is 0 Å². The van der Waals surface area contributed by atoms with E-state index in [9.17, 15) is 8.78 Å². The molecule has 3 rings (SSSR count). The van der Waals surface area contributed by atoms with Crippen molar-refractivity contribution in [2.24, 2.45) is 0 Å². The number of thiophene rings is 1. The molecule has 1 aliphatic carbocycles. The lowest BCUT2D eigenvalue weighted by Gasteiger charge is -2.24. The standard InChI is InChI=1S/C14H13F2NS/c15-9-4-5-13(11(16)8-9)17-12-2-1-3-14-10(12)6-7-18-14/h4-8,12,17H,1-3H2. The zero-order valence-electron chi connectivity index (χ0n) is 9.75. The van der Waals surface area contributed by atoms with E-state index in [-0.39, 0.29) is 6.04 Å². The molecule has 0 saturated heterocycles.